The number of nitrogens with one attached hydrogen (secondary N) is 1. The monoisotopic (exact) mass is 260 g/mol. The fraction of sp³-hybridized carbons (Fsp3) is 0.545. The molecule has 16 heavy (non-hydrogen) atoms. The van der Waals surface area contributed by atoms with Crippen LogP contribution < -0.4 is 11.1 Å². The van der Waals surface area contributed by atoms with Gasteiger partial charge in [-0.2, -0.15) is 0 Å². The predicted octanol–water partition coefficient (Wildman–Crippen LogP) is 2.54. The molecule has 1 amide bonds. The molecule has 3 N–H and O–H groups in total. The quantitative estimate of drug-likeness (QED) is 0.855. The molecule has 90 valence electrons. The Hall–Kier alpha value is -0.580. The summed E-state index contributed by atoms with van der Waals surface area (Å²) < 4.78 is 0.731. The summed E-state index contributed by atoms with van der Waals surface area (Å²) in [7, 11) is 0. The molecule has 0 atom stereocenters. The van der Waals surface area contributed by atoms with Crippen LogP contribution >= 0.6 is 22.9 Å². The molecule has 0 spiro atoms. The van der Waals surface area contributed by atoms with Crippen LogP contribution in [0.25, 0.3) is 0 Å². The molecular weight excluding hydrogens is 244 g/mol. The Morgan fingerprint density at radius 2 is 2.12 bits per heavy atom. The van der Waals surface area contributed by atoms with Crippen LogP contribution in [0.5, 0.6) is 0 Å². The Morgan fingerprint density at radius 1 is 1.50 bits per heavy atom. The fourth-order valence-corrected chi connectivity index (χ4v) is 2.39. The molecule has 1 rings (SSSR count). The second kappa shape index (κ2) is 5.66. The minimum absolute atomic E-state index is 0.0953. The molecule has 0 aromatic carbocycles. The number of carbonyl (C=O) groups is 1. The molecule has 0 fully saturated rings. The molecule has 0 bridgehead atoms. The molecule has 0 radical (unpaired) electrons. The van der Waals surface area contributed by atoms with Gasteiger partial charge < -0.3 is 11.1 Å². The smallest absolute Gasteiger partial charge is 0.240 e. The lowest BCUT2D eigenvalue weighted by atomic mass is 9.93. The van der Waals surface area contributed by atoms with Gasteiger partial charge in [0.1, 0.15) is 0 Å². The van der Waals surface area contributed by atoms with Gasteiger partial charge >= 0.3 is 0 Å². The van der Waals surface area contributed by atoms with E-state index < -0.39 is 5.54 Å². The van der Waals surface area contributed by atoms with Gasteiger partial charge in [0.05, 0.1) is 16.4 Å². The van der Waals surface area contributed by atoms with Gasteiger partial charge in [-0.1, -0.05) is 25.4 Å². The molecular formula is C11H17ClN2OS. The highest BCUT2D eigenvalue weighted by molar-refractivity contribution is 7.16. The van der Waals surface area contributed by atoms with Crippen molar-refractivity contribution in [1.29, 1.82) is 0 Å². The first kappa shape index (κ1) is 13.5. The zero-order valence-corrected chi connectivity index (χ0v) is 11.1. The Labute approximate surface area is 105 Å². The van der Waals surface area contributed by atoms with Crippen molar-refractivity contribution < 1.29 is 4.79 Å². The van der Waals surface area contributed by atoms with E-state index >= 15 is 0 Å². The highest BCUT2D eigenvalue weighted by atomic mass is 35.5. The van der Waals surface area contributed by atoms with Crippen LogP contribution in [0, 0.1) is 0 Å². The van der Waals surface area contributed by atoms with Crippen LogP contribution in [-0.2, 0) is 11.3 Å². The van der Waals surface area contributed by atoms with Gasteiger partial charge in [-0.05, 0) is 25.0 Å². The first-order valence-electron chi connectivity index (χ1n) is 5.33. The van der Waals surface area contributed by atoms with E-state index in [1.165, 1.54) is 11.3 Å². The summed E-state index contributed by atoms with van der Waals surface area (Å²) in [6.07, 6.45) is 1.28. The summed E-state index contributed by atoms with van der Waals surface area (Å²) >= 11 is 7.27. The number of hydrogen-bond acceptors (Lipinski definition) is 3. The van der Waals surface area contributed by atoms with E-state index in [0.717, 1.165) is 9.21 Å². The van der Waals surface area contributed by atoms with Crippen LogP contribution in [0.4, 0.5) is 0 Å². The SMILES string of the molecule is CCC(N)(CC)C(=O)NCc1ccc(Cl)s1. The summed E-state index contributed by atoms with van der Waals surface area (Å²) in [5, 5.41) is 2.84. The van der Waals surface area contributed by atoms with E-state index in [1.807, 2.05) is 26.0 Å². The number of hydrogen-bond donors (Lipinski definition) is 2. The molecule has 0 saturated carbocycles. The summed E-state index contributed by atoms with van der Waals surface area (Å²) in [5.74, 6) is -0.0953. The van der Waals surface area contributed by atoms with E-state index in [0.29, 0.717) is 19.4 Å². The van der Waals surface area contributed by atoms with Crippen molar-refractivity contribution in [3.63, 3.8) is 0 Å². The lowest BCUT2D eigenvalue weighted by Crippen LogP contribution is -2.52. The number of amides is 1. The maximum atomic E-state index is 11.8. The van der Waals surface area contributed by atoms with Crippen molar-refractivity contribution in [3.8, 4) is 0 Å². The molecule has 1 aromatic heterocycles. The second-order valence-electron chi connectivity index (χ2n) is 3.75. The van der Waals surface area contributed by atoms with Gasteiger partial charge in [0, 0.05) is 4.88 Å². The summed E-state index contributed by atoms with van der Waals surface area (Å²) in [6, 6.07) is 3.73. The standard InChI is InChI=1S/C11H17ClN2OS/c1-3-11(13,4-2)10(15)14-7-8-5-6-9(12)16-8/h5-6H,3-4,7,13H2,1-2H3,(H,14,15). The first-order valence-corrected chi connectivity index (χ1v) is 6.52. The average Bonchev–Trinajstić information content (AvgIpc) is 2.70. The van der Waals surface area contributed by atoms with Crippen molar-refractivity contribution in [3.05, 3.63) is 21.3 Å². The number of rotatable bonds is 5. The van der Waals surface area contributed by atoms with Crippen LogP contribution in [0.15, 0.2) is 12.1 Å². The van der Waals surface area contributed by atoms with Gasteiger partial charge in [0.2, 0.25) is 5.91 Å². The van der Waals surface area contributed by atoms with E-state index in [1.54, 1.807) is 0 Å². The number of halogens is 1. The van der Waals surface area contributed by atoms with Crippen LogP contribution in [0.2, 0.25) is 4.34 Å². The number of nitrogens with two attached hydrogens (primary N) is 1. The minimum Gasteiger partial charge on any atom is -0.350 e. The lowest BCUT2D eigenvalue weighted by Gasteiger charge is -2.24. The maximum Gasteiger partial charge on any atom is 0.240 e. The van der Waals surface area contributed by atoms with E-state index in [4.69, 9.17) is 17.3 Å². The highest BCUT2D eigenvalue weighted by Gasteiger charge is 2.29. The zero-order valence-electron chi connectivity index (χ0n) is 9.55. The first-order chi connectivity index (χ1) is 7.51. The Bertz CT molecular complexity index is 361. The molecule has 0 aliphatic rings. The number of thiophene rings is 1. The Balaban J connectivity index is 2.52. The van der Waals surface area contributed by atoms with Gasteiger partial charge in [0.15, 0.2) is 0 Å². The molecule has 1 aromatic rings. The molecule has 0 unspecified atom stereocenters. The van der Waals surface area contributed by atoms with E-state index in [9.17, 15) is 4.79 Å². The van der Waals surface area contributed by atoms with Gasteiger partial charge in [-0.3, -0.25) is 4.79 Å². The van der Waals surface area contributed by atoms with Crippen molar-refractivity contribution in [2.45, 2.75) is 38.8 Å². The third kappa shape index (κ3) is 3.20. The van der Waals surface area contributed by atoms with Gasteiger partial charge in [-0.15, -0.1) is 11.3 Å². The van der Waals surface area contributed by atoms with Gasteiger partial charge in [0.25, 0.3) is 0 Å². The number of carbonyl (C=O) groups excluding carboxylic acids is 1. The molecule has 0 aliphatic carbocycles. The topological polar surface area (TPSA) is 55.1 Å². The largest absolute Gasteiger partial charge is 0.350 e. The molecule has 1 heterocycles. The summed E-state index contributed by atoms with van der Waals surface area (Å²) in [5.41, 5.74) is 5.23. The third-order valence-electron chi connectivity index (χ3n) is 2.77. The minimum atomic E-state index is -0.749. The average molecular weight is 261 g/mol. The van der Waals surface area contributed by atoms with Crippen molar-refractivity contribution in [2.24, 2.45) is 5.73 Å². The maximum absolute atomic E-state index is 11.8. The molecule has 3 nitrogen and oxygen atoms in total. The highest BCUT2D eigenvalue weighted by Crippen LogP contribution is 2.21. The normalized spacial score (nSPS) is 11.5. The molecule has 0 saturated heterocycles. The Morgan fingerprint density at radius 3 is 2.56 bits per heavy atom. The van der Waals surface area contributed by atoms with Crippen molar-refractivity contribution in [1.82, 2.24) is 5.32 Å². The Kier molecular flexibility index (Phi) is 4.77. The lowest BCUT2D eigenvalue weighted by molar-refractivity contribution is -0.126. The predicted molar refractivity (Wildman–Crippen MR) is 68.7 cm³/mol. The molecule has 0 aliphatic heterocycles. The summed E-state index contributed by atoms with van der Waals surface area (Å²) in [6.45, 7) is 4.34. The fourth-order valence-electron chi connectivity index (χ4n) is 1.36. The summed E-state index contributed by atoms with van der Waals surface area (Å²) in [4.78, 5) is 12.9. The van der Waals surface area contributed by atoms with E-state index in [2.05, 4.69) is 5.32 Å². The van der Waals surface area contributed by atoms with Crippen molar-refractivity contribution in [2.75, 3.05) is 0 Å². The van der Waals surface area contributed by atoms with Crippen LogP contribution in [0.1, 0.15) is 31.6 Å². The molecule has 5 heteroatoms. The third-order valence-corrected chi connectivity index (χ3v) is 4.00. The zero-order chi connectivity index (χ0) is 12.2. The second-order valence-corrected chi connectivity index (χ2v) is 5.55. The van der Waals surface area contributed by atoms with E-state index in [-0.39, 0.29) is 5.91 Å². The van der Waals surface area contributed by atoms with Crippen LogP contribution in [0.3, 0.4) is 0 Å². The van der Waals surface area contributed by atoms with Crippen molar-refractivity contribution >= 4 is 28.8 Å². The van der Waals surface area contributed by atoms with Crippen LogP contribution in [-0.4, -0.2) is 11.4 Å². The van der Waals surface area contributed by atoms with Gasteiger partial charge in [-0.25, -0.2) is 0 Å².